The molecule has 0 fully saturated rings. The van der Waals surface area contributed by atoms with Crippen LogP contribution in [0.3, 0.4) is 0 Å². The van der Waals surface area contributed by atoms with Crippen molar-refractivity contribution in [3.63, 3.8) is 0 Å². The first-order valence-corrected chi connectivity index (χ1v) is 6.02. The molecule has 1 aromatic rings. The molecule has 0 heterocycles. The fourth-order valence-electron chi connectivity index (χ4n) is 1.57. The van der Waals surface area contributed by atoms with Crippen molar-refractivity contribution in [3.8, 4) is 5.75 Å². The molecule has 2 nitrogen and oxygen atoms in total. The van der Waals surface area contributed by atoms with E-state index < -0.39 is 23.5 Å². The number of benzene rings is 1. The van der Waals surface area contributed by atoms with Crippen LogP contribution < -0.4 is 5.73 Å². The minimum Gasteiger partial charge on any atom is -0.507 e. The minimum absolute atomic E-state index is 0.0820. The highest BCUT2D eigenvalue weighted by Gasteiger charge is 2.35. The molecule has 1 atom stereocenters. The second kappa shape index (κ2) is 5.75. The van der Waals surface area contributed by atoms with Crippen LogP contribution in [0.4, 0.5) is 13.2 Å². The minimum atomic E-state index is -4.61. The van der Waals surface area contributed by atoms with E-state index in [1.807, 2.05) is 0 Å². The summed E-state index contributed by atoms with van der Waals surface area (Å²) >= 11 is 2.99. The zero-order valence-electron chi connectivity index (χ0n) is 9.47. The number of alkyl halides is 3. The SMILES string of the molecule is C=CCC[C@@H](N)c1cc(Br)cc(C(F)(F)F)c1O. The molecule has 100 valence electrons. The summed E-state index contributed by atoms with van der Waals surface area (Å²) in [5, 5.41) is 9.67. The first-order valence-electron chi connectivity index (χ1n) is 5.23. The molecule has 0 aliphatic heterocycles. The van der Waals surface area contributed by atoms with Gasteiger partial charge in [-0.3, -0.25) is 0 Å². The predicted molar refractivity (Wildman–Crippen MR) is 67.2 cm³/mol. The summed E-state index contributed by atoms with van der Waals surface area (Å²) < 4.78 is 38.3. The number of aromatic hydroxyl groups is 1. The molecule has 0 spiro atoms. The van der Waals surface area contributed by atoms with E-state index in [0.29, 0.717) is 12.8 Å². The van der Waals surface area contributed by atoms with Crippen molar-refractivity contribution in [2.24, 2.45) is 5.73 Å². The van der Waals surface area contributed by atoms with Gasteiger partial charge in [0.1, 0.15) is 5.75 Å². The Bertz CT molecular complexity index is 446. The average molecular weight is 324 g/mol. The molecule has 0 saturated heterocycles. The van der Waals surface area contributed by atoms with Crippen LogP contribution in [0.2, 0.25) is 0 Å². The Morgan fingerprint density at radius 3 is 2.56 bits per heavy atom. The lowest BCUT2D eigenvalue weighted by atomic mass is 9.99. The van der Waals surface area contributed by atoms with Gasteiger partial charge in [-0.2, -0.15) is 13.2 Å². The Kier molecular flexibility index (Phi) is 4.81. The Morgan fingerprint density at radius 1 is 1.44 bits per heavy atom. The van der Waals surface area contributed by atoms with E-state index in [4.69, 9.17) is 5.73 Å². The molecule has 3 N–H and O–H groups in total. The molecular formula is C12H13BrF3NO. The molecular weight excluding hydrogens is 311 g/mol. The van der Waals surface area contributed by atoms with Crippen LogP contribution in [0.15, 0.2) is 29.3 Å². The highest BCUT2D eigenvalue weighted by Crippen LogP contribution is 2.41. The van der Waals surface area contributed by atoms with E-state index in [1.54, 1.807) is 6.08 Å². The van der Waals surface area contributed by atoms with Gasteiger partial charge in [0.2, 0.25) is 0 Å². The van der Waals surface area contributed by atoms with Crippen LogP contribution in [0, 0.1) is 0 Å². The highest BCUT2D eigenvalue weighted by molar-refractivity contribution is 9.10. The molecule has 6 heteroatoms. The molecule has 1 aromatic carbocycles. The number of phenolic OH excluding ortho intramolecular Hbond substituents is 1. The second-order valence-corrected chi connectivity index (χ2v) is 4.78. The standard InChI is InChI=1S/C12H13BrF3NO/c1-2-3-4-10(17)8-5-7(13)6-9(11(8)18)12(14,15)16/h2,5-6,10,18H,1,3-4,17H2/t10-/m1/s1. The van der Waals surface area contributed by atoms with Gasteiger partial charge < -0.3 is 10.8 Å². The number of phenols is 1. The van der Waals surface area contributed by atoms with Gasteiger partial charge in [-0.05, 0) is 25.0 Å². The molecule has 0 bridgehead atoms. The van der Waals surface area contributed by atoms with Crippen molar-refractivity contribution >= 4 is 15.9 Å². The van der Waals surface area contributed by atoms with Crippen molar-refractivity contribution in [2.45, 2.75) is 25.1 Å². The summed E-state index contributed by atoms with van der Waals surface area (Å²) in [6, 6.07) is 1.57. The van der Waals surface area contributed by atoms with Crippen molar-refractivity contribution in [1.29, 1.82) is 0 Å². The van der Waals surface area contributed by atoms with Crippen molar-refractivity contribution in [2.75, 3.05) is 0 Å². The van der Waals surface area contributed by atoms with Crippen LogP contribution in [-0.4, -0.2) is 5.11 Å². The maximum absolute atomic E-state index is 12.7. The van der Waals surface area contributed by atoms with Crippen LogP contribution >= 0.6 is 15.9 Å². The largest absolute Gasteiger partial charge is 0.507 e. The van der Waals surface area contributed by atoms with Gasteiger partial charge in [-0.15, -0.1) is 6.58 Å². The normalized spacial score (nSPS) is 13.4. The molecule has 0 aliphatic rings. The van der Waals surface area contributed by atoms with Gasteiger partial charge in [0, 0.05) is 16.1 Å². The summed E-state index contributed by atoms with van der Waals surface area (Å²) in [4.78, 5) is 0. The Morgan fingerprint density at radius 2 is 2.06 bits per heavy atom. The first-order chi connectivity index (χ1) is 8.27. The summed E-state index contributed by atoms with van der Waals surface area (Å²) in [7, 11) is 0. The van der Waals surface area contributed by atoms with E-state index in [-0.39, 0.29) is 10.0 Å². The van der Waals surface area contributed by atoms with Crippen LogP contribution in [0.25, 0.3) is 0 Å². The first kappa shape index (κ1) is 15.0. The Hall–Kier alpha value is -1.01. The lowest BCUT2D eigenvalue weighted by Gasteiger charge is -2.17. The van der Waals surface area contributed by atoms with E-state index in [0.717, 1.165) is 6.07 Å². The molecule has 0 amide bonds. The summed E-state index contributed by atoms with van der Waals surface area (Å²) in [6.07, 6.45) is -2.00. The lowest BCUT2D eigenvalue weighted by molar-refractivity contribution is -0.138. The van der Waals surface area contributed by atoms with Gasteiger partial charge in [0.15, 0.2) is 0 Å². The third-order valence-electron chi connectivity index (χ3n) is 2.49. The number of halogens is 4. The number of allylic oxidation sites excluding steroid dienone is 1. The van der Waals surface area contributed by atoms with Crippen LogP contribution in [0.1, 0.15) is 30.0 Å². The van der Waals surface area contributed by atoms with E-state index in [2.05, 4.69) is 22.5 Å². The highest BCUT2D eigenvalue weighted by atomic mass is 79.9. The molecule has 18 heavy (non-hydrogen) atoms. The third-order valence-corrected chi connectivity index (χ3v) is 2.95. The zero-order valence-corrected chi connectivity index (χ0v) is 11.1. The topological polar surface area (TPSA) is 46.2 Å². The van der Waals surface area contributed by atoms with Gasteiger partial charge in [-0.1, -0.05) is 22.0 Å². The maximum atomic E-state index is 12.7. The summed E-state index contributed by atoms with van der Waals surface area (Å²) in [6.45, 7) is 3.52. The van der Waals surface area contributed by atoms with Crippen LogP contribution in [0.5, 0.6) is 5.75 Å². The lowest BCUT2D eigenvalue weighted by Crippen LogP contribution is -2.13. The quantitative estimate of drug-likeness (QED) is 0.818. The van der Waals surface area contributed by atoms with Crippen molar-refractivity contribution in [3.05, 3.63) is 40.4 Å². The second-order valence-electron chi connectivity index (χ2n) is 3.86. The van der Waals surface area contributed by atoms with E-state index in [9.17, 15) is 18.3 Å². The maximum Gasteiger partial charge on any atom is 0.420 e. The molecule has 0 aliphatic carbocycles. The molecule has 0 unspecified atom stereocenters. The van der Waals surface area contributed by atoms with Crippen molar-refractivity contribution in [1.82, 2.24) is 0 Å². The molecule has 0 radical (unpaired) electrons. The van der Waals surface area contributed by atoms with Gasteiger partial charge in [0.25, 0.3) is 0 Å². The third kappa shape index (κ3) is 3.49. The number of nitrogens with two attached hydrogens (primary N) is 1. The number of hydrogen-bond donors (Lipinski definition) is 2. The van der Waals surface area contributed by atoms with Crippen molar-refractivity contribution < 1.29 is 18.3 Å². The Labute approximate surface area is 111 Å². The fourth-order valence-corrected chi connectivity index (χ4v) is 2.05. The molecule has 0 saturated carbocycles. The zero-order chi connectivity index (χ0) is 13.9. The monoisotopic (exact) mass is 323 g/mol. The molecule has 1 rings (SSSR count). The average Bonchev–Trinajstić information content (AvgIpc) is 2.27. The predicted octanol–water partition coefficient (Wildman–Crippen LogP) is 4.14. The van der Waals surface area contributed by atoms with E-state index in [1.165, 1.54) is 6.07 Å². The summed E-state index contributed by atoms with van der Waals surface area (Å²) in [5.74, 6) is -0.803. The number of hydrogen-bond acceptors (Lipinski definition) is 2. The Balaban J connectivity index is 3.20. The molecule has 0 aromatic heterocycles. The van der Waals surface area contributed by atoms with Crippen LogP contribution in [-0.2, 0) is 6.18 Å². The van der Waals surface area contributed by atoms with Gasteiger partial charge >= 0.3 is 6.18 Å². The number of rotatable bonds is 4. The van der Waals surface area contributed by atoms with Gasteiger partial charge in [-0.25, -0.2) is 0 Å². The van der Waals surface area contributed by atoms with E-state index >= 15 is 0 Å². The fraction of sp³-hybridized carbons (Fsp3) is 0.333. The smallest absolute Gasteiger partial charge is 0.420 e. The summed E-state index contributed by atoms with van der Waals surface area (Å²) in [5.41, 5.74) is 4.77. The van der Waals surface area contributed by atoms with Gasteiger partial charge in [0.05, 0.1) is 5.56 Å².